The predicted molar refractivity (Wildman–Crippen MR) is 138 cm³/mol. The highest BCUT2D eigenvalue weighted by Gasteiger charge is 2.37. The molecule has 0 aliphatic carbocycles. The fourth-order valence-corrected chi connectivity index (χ4v) is 4.28. The maximum atomic E-state index is 12.9. The zero-order valence-electron chi connectivity index (χ0n) is 21.6. The first-order valence-electron chi connectivity index (χ1n) is 12.1. The van der Waals surface area contributed by atoms with Crippen LogP contribution in [0.25, 0.3) is 6.08 Å². The molecule has 1 aromatic rings. The van der Waals surface area contributed by atoms with Crippen LogP contribution in [0.2, 0.25) is 0 Å². The van der Waals surface area contributed by atoms with Gasteiger partial charge in [-0.2, -0.15) is 0 Å². The molecule has 2 rings (SSSR count). The summed E-state index contributed by atoms with van der Waals surface area (Å²) in [6.07, 6.45) is 4.67. The van der Waals surface area contributed by atoms with Gasteiger partial charge in [0.15, 0.2) is 16.6 Å². The molecule has 0 N–H and O–H groups in total. The van der Waals surface area contributed by atoms with Crippen LogP contribution in [0.15, 0.2) is 24.3 Å². The third kappa shape index (κ3) is 10.0. The standard InChI is InChI=1S/C25H32N2O10S/c1-17(16-38-18(2)28)24(30)26-12-6-7-20(26)25(31)37-21-10-8-19(15-22(21)34-3)9-11-23(29)35-13-4-5-14-36-27(32)33/h8-11,15,17,20H,4-7,12-14,16H2,1-3H3/t17-,20+/m1/s1. The minimum Gasteiger partial charge on any atom is -0.493 e. The van der Waals surface area contributed by atoms with E-state index in [0.717, 1.165) is 11.8 Å². The van der Waals surface area contributed by atoms with Crippen molar-refractivity contribution in [1.29, 1.82) is 0 Å². The lowest BCUT2D eigenvalue weighted by Gasteiger charge is -2.26. The maximum absolute atomic E-state index is 12.9. The molecule has 1 amide bonds. The summed E-state index contributed by atoms with van der Waals surface area (Å²) in [6, 6.07) is 4.02. The van der Waals surface area contributed by atoms with E-state index >= 15 is 0 Å². The number of thioether (sulfide) groups is 1. The number of esters is 2. The first-order valence-corrected chi connectivity index (χ1v) is 13.1. The van der Waals surface area contributed by atoms with Crippen molar-refractivity contribution >= 4 is 40.8 Å². The Labute approximate surface area is 224 Å². The van der Waals surface area contributed by atoms with Crippen molar-refractivity contribution in [3.8, 4) is 11.5 Å². The number of hydrogen-bond donors (Lipinski definition) is 0. The molecule has 208 valence electrons. The van der Waals surface area contributed by atoms with Gasteiger partial charge in [0.1, 0.15) is 6.04 Å². The molecule has 2 atom stereocenters. The van der Waals surface area contributed by atoms with Gasteiger partial charge in [0.05, 0.1) is 20.3 Å². The largest absolute Gasteiger partial charge is 0.493 e. The topological polar surface area (TPSA) is 152 Å². The van der Waals surface area contributed by atoms with E-state index in [9.17, 15) is 29.3 Å². The number of rotatable bonds is 14. The van der Waals surface area contributed by atoms with Crippen molar-refractivity contribution in [3.05, 3.63) is 40.0 Å². The van der Waals surface area contributed by atoms with E-state index in [1.54, 1.807) is 19.1 Å². The number of unbranched alkanes of at least 4 members (excludes halogenated alkanes) is 1. The van der Waals surface area contributed by atoms with Crippen molar-refractivity contribution in [1.82, 2.24) is 4.90 Å². The quantitative estimate of drug-likeness (QED) is 0.0836. The number of hydrogen-bond acceptors (Lipinski definition) is 11. The second-order valence-electron chi connectivity index (χ2n) is 8.49. The summed E-state index contributed by atoms with van der Waals surface area (Å²) in [7, 11) is 1.41. The highest BCUT2D eigenvalue weighted by atomic mass is 32.2. The normalized spacial score (nSPS) is 15.7. The number of carbonyl (C=O) groups is 4. The summed E-state index contributed by atoms with van der Waals surface area (Å²) < 4.78 is 15.9. The summed E-state index contributed by atoms with van der Waals surface area (Å²) in [5, 5.41) is 9.13. The maximum Gasteiger partial charge on any atom is 0.334 e. The average molecular weight is 553 g/mol. The van der Waals surface area contributed by atoms with Crippen LogP contribution >= 0.6 is 11.8 Å². The van der Waals surface area contributed by atoms with Gasteiger partial charge in [-0.25, -0.2) is 9.59 Å². The van der Waals surface area contributed by atoms with Crippen molar-refractivity contribution in [2.75, 3.05) is 32.6 Å². The number of methoxy groups -OCH3 is 1. The zero-order valence-corrected chi connectivity index (χ0v) is 22.4. The molecule has 1 fully saturated rings. The number of nitrogens with zero attached hydrogens (tertiary/aromatic N) is 2. The molecule has 0 unspecified atom stereocenters. The summed E-state index contributed by atoms with van der Waals surface area (Å²) in [5.41, 5.74) is 0.590. The van der Waals surface area contributed by atoms with E-state index < -0.39 is 29.0 Å². The van der Waals surface area contributed by atoms with Crippen LogP contribution in [0.3, 0.4) is 0 Å². The molecule has 1 aliphatic heterocycles. The van der Waals surface area contributed by atoms with E-state index in [2.05, 4.69) is 4.84 Å². The number of benzene rings is 1. The number of likely N-dealkylation sites (tertiary alicyclic amines) is 1. The van der Waals surface area contributed by atoms with Crippen LogP contribution in [0.4, 0.5) is 0 Å². The number of ether oxygens (including phenoxy) is 3. The van der Waals surface area contributed by atoms with Crippen LogP contribution in [-0.2, 0) is 28.8 Å². The lowest BCUT2D eigenvalue weighted by atomic mass is 10.1. The van der Waals surface area contributed by atoms with Gasteiger partial charge in [-0.15, -0.1) is 10.1 Å². The molecule has 0 bridgehead atoms. The highest BCUT2D eigenvalue weighted by molar-refractivity contribution is 8.13. The Hall–Kier alpha value is -3.61. The van der Waals surface area contributed by atoms with Crippen LogP contribution in [0.5, 0.6) is 11.5 Å². The Kier molecular flexibility index (Phi) is 12.6. The Morgan fingerprint density at radius 3 is 2.63 bits per heavy atom. The van der Waals surface area contributed by atoms with Gasteiger partial charge in [0.25, 0.3) is 5.09 Å². The highest BCUT2D eigenvalue weighted by Crippen LogP contribution is 2.30. The smallest absolute Gasteiger partial charge is 0.334 e. The second kappa shape index (κ2) is 15.6. The van der Waals surface area contributed by atoms with Crippen molar-refractivity contribution in [2.45, 2.75) is 45.6 Å². The predicted octanol–water partition coefficient (Wildman–Crippen LogP) is 3.05. The molecule has 0 aromatic heterocycles. The van der Waals surface area contributed by atoms with Gasteiger partial charge >= 0.3 is 11.9 Å². The van der Waals surface area contributed by atoms with Gasteiger partial charge in [0, 0.05) is 31.2 Å². The van der Waals surface area contributed by atoms with Crippen molar-refractivity contribution < 1.29 is 43.3 Å². The molecule has 1 aromatic carbocycles. The Morgan fingerprint density at radius 2 is 1.95 bits per heavy atom. The molecule has 0 radical (unpaired) electrons. The molecule has 0 saturated carbocycles. The first kappa shape index (κ1) is 30.6. The van der Waals surface area contributed by atoms with Crippen LogP contribution in [0.1, 0.15) is 45.1 Å². The number of carbonyl (C=O) groups excluding carboxylic acids is 4. The lowest BCUT2D eigenvalue weighted by Crippen LogP contribution is -2.45. The summed E-state index contributed by atoms with van der Waals surface area (Å²) in [5.74, 6) is -0.973. The van der Waals surface area contributed by atoms with Crippen LogP contribution in [0, 0.1) is 16.0 Å². The van der Waals surface area contributed by atoms with Gasteiger partial charge in [0.2, 0.25) is 5.91 Å². The van der Waals surface area contributed by atoms with E-state index in [4.69, 9.17) is 14.2 Å². The van der Waals surface area contributed by atoms with E-state index in [-0.39, 0.29) is 35.7 Å². The Bertz CT molecular complexity index is 1040. The molecule has 12 nitrogen and oxygen atoms in total. The average Bonchev–Trinajstić information content (AvgIpc) is 3.38. The second-order valence-corrected chi connectivity index (χ2v) is 9.69. The van der Waals surface area contributed by atoms with Crippen LogP contribution in [-0.4, -0.2) is 71.6 Å². The first-order chi connectivity index (χ1) is 18.1. The Balaban J connectivity index is 1.92. The molecule has 1 saturated heterocycles. The molecular weight excluding hydrogens is 520 g/mol. The summed E-state index contributed by atoms with van der Waals surface area (Å²) in [6.45, 7) is 3.65. The molecule has 1 aliphatic rings. The minimum atomic E-state index is -0.875. The van der Waals surface area contributed by atoms with E-state index in [0.29, 0.717) is 43.5 Å². The van der Waals surface area contributed by atoms with Gasteiger partial charge in [-0.1, -0.05) is 24.8 Å². The van der Waals surface area contributed by atoms with Crippen molar-refractivity contribution in [3.63, 3.8) is 0 Å². The fraction of sp³-hybridized carbons (Fsp3) is 0.520. The number of amides is 1. The monoisotopic (exact) mass is 552 g/mol. The SMILES string of the molecule is COc1cc(C=CC(=O)OCCCCO[N+](=O)[O-])ccc1OC(=O)[C@@H]1CCCN1C(=O)[C@H](C)CSC(C)=O. The van der Waals surface area contributed by atoms with Crippen molar-refractivity contribution in [2.24, 2.45) is 5.92 Å². The summed E-state index contributed by atoms with van der Waals surface area (Å²) >= 11 is 1.08. The third-order valence-corrected chi connectivity index (χ3v) is 6.63. The van der Waals surface area contributed by atoms with Crippen LogP contribution < -0.4 is 9.47 Å². The Morgan fingerprint density at radius 1 is 1.21 bits per heavy atom. The third-order valence-electron chi connectivity index (χ3n) is 5.56. The molecule has 38 heavy (non-hydrogen) atoms. The van der Waals surface area contributed by atoms with Gasteiger partial charge in [-0.3, -0.25) is 9.59 Å². The lowest BCUT2D eigenvalue weighted by molar-refractivity contribution is -0.757. The van der Waals surface area contributed by atoms with Gasteiger partial charge < -0.3 is 23.9 Å². The van der Waals surface area contributed by atoms with E-state index in [1.807, 2.05) is 0 Å². The molecule has 13 heteroatoms. The molecule has 1 heterocycles. The molecular formula is C25H32N2O10S. The van der Waals surface area contributed by atoms with E-state index in [1.165, 1.54) is 37.2 Å². The summed E-state index contributed by atoms with van der Waals surface area (Å²) in [4.78, 5) is 64.6. The molecule has 0 spiro atoms. The minimum absolute atomic E-state index is 0.0639. The fourth-order valence-electron chi connectivity index (χ4n) is 3.65. The van der Waals surface area contributed by atoms with Gasteiger partial charge in [-0.05, 0) is 49.5 Å². The zero-order chi connectivity index (χ0) is 28.1.